The number of nitriles is 1. The molecular formula is C13H16N2O. The van der Waals surface area contributed by atoms with Crippen molar-refractivity contribution < 1.29 is 5.11 Å². The molecule has 1 aromatic rings. The summed E-state index contributed by atoms with van der Waals surface area (Å²) in [5.41, 5.74) is 1.80. The molecule has 0 amide bonds. The monoisotopic (exact) mass is 216 g/mol. The third-order valence-electron chi connectivity index (χ3n) is 3.22. The van der Waals surface area contributed by atoms with Gasteiger partial charge in [0.1, 0.15) is 0 Å². The Hall–Kier alpha value is -1.37. The van der Waals surface area contributed by atoms with E-state index in [0.29, 0.717) is 0 Å². The van der Waals surface area contributed by atoms with Crippen LogP contribution in [0.15, 0.2) is 24.3 Å². The molecule has 0 radical (unpaired) electrons. The summed E-state index contributed by atoms with van der Waals surface area (Å²) in [5.74, 6) is 0. The minimum Gasteiger partial charge on any atom is -0.395 e. The Balaban J connectivity index is 2.12. The lowest BCUT2D eigenvalue weighted by Crippen LogP contribution is -2.31. The number of aliphatic hydroxyl groups excluding tert-OH is 1. The largest absolute Gasteiger partial charge is 0.395 e. The molecule has 1 N–H and O–H groups in total. The molecule has 1 aliphatic rings. The van der Waals surface area contributed by atoms with Gasteiger partial charge in [0, 0.05) is 12.6 Å². The molecule has 0 aromatic heterocycles. The number of benzene rings is 1. The molecule has 3 heteroatoms. The van der Waals surface area contributed by atoms with Crippen molar-refractivity contribution in [2.24, 2.45) is 0 Å². The maximum absolute atomic E-state index is 9.23. The second-order valence-corrected chi connectivity index (χ2v) is 4.22. The second-order valence-electron chi connectivity index (χ2n) is 4.22. The van der Waals surface area contributed by atoms with Crippen molar-refractivity contribution in [2.75, 3.05) is 13.2 Å². The van der Waals surface area contributed by atoms with Crippen LogP contribution in [0.5, 0.6) is 0 Å². The van der Waals surface area contributed by atoms with Crippen molar-refractivity contribution in [3.63, 3.8) is 0 Å². The highest BCUT2D eigenvalue weighted by molar-refractivity contribution is 5.37. The molecule has 0 aliphatic carbocycles. The van der Waals surface area contributed by atoms with Crippen LogP contribution >= 0.6 is 0 Å². The standard InChI is InChI=1S/C13H16N2O/c14-8-11-4-1-2-5-12(11)9-15-7-3-6-13(15)10-16/h1-2,4-5,13,16H,3,6-7,9-10H2/t13-/m1/s1. The van der Waals surface area contributed by atoms with Gasteiger partial charge in [-0.2, -0.15) is 5.26 Å². The predicted octanol–water partition coefficient (Wildman–Crippen LogP) is 1.51. The van der Waals surface area contributed by atoms with E-state index >= 15 is 0 Å². The Labute approximate surface area is 95.9 Å². The molecule has 1 atom stereocenters. The maximum Gasteiger partial charge on any atom is 0.0995 e. The van der Waals surface area contributed by atoms with Crippen LogP contribution in [0.4, 0.5) is 0 Å². The zero-order valence-electron chi connectivity index (χ0n) is 9.26. The fourth-order valence-electron chi connectivity index (χ4n) is 2.30. The van der Waals surface area contributed by atoms with Crippen molar-refractivity contribution in [1.82, 2.24) is 4.90 Å². The maximum atomic E-state index is 9.23. The van der Waals surface area contributed by atoms with E-state index in [2.05, 4.69) is 11.0 Å². The normalized spacial score (nSPS) is 20.9. The first-order valence-corrected chi connectivity index (χ1v) is 5.68. The molecule has 1 saturated heterocycles. The molecule has 16 heavy (non-hydrogen) atoms. The summed E-state index contributed by atoms with van der Waals surface area (Å²) in [6.07, 6.45) is 2.20. The number of aliphatic hydroxyl groups is 1. The SMILES string of the molecule is N#Cc1ccccc1CN1CCC[C@@H]1CO. The zero-order chi connectivity index (χ0) is 11.4. The van der Waals surface area contributed by atoms with Crippen molar-refractivity contribution in [2.45, 2.75) is 25.4 Å². The summed E-state index contributed by atoms with van der Waals surface area (Å²) in [7, 11) is 0. The van der Waals surface area contributed by atoms with Crippen LogP contribution in [0, 0.1) is 11.3 Å². The van der Waals surface area contributed by atoms with E-state index in [0.717, 1.165) is 37.1 Å². The number of nitrogens with zero attached hydrogens (tertiary/aromatic N) is 2. The molecule has 84 valence electrons. The van der Waals surface area contributed by atoms with E-state index in [1.807, 2.05) is 24.3 Å². The highest BCUT2D eigenvalue weighted by Crippen LogP contribution is 2.20. The summed E-state index contributed by atoms with van der Waals surface area (Å²) in [4.78, 5) is 2.26. The first kappa shape index (κ1) is 11.1. The third kappa shape index (κ3) is 2.24. The van der Waals surface area contributed by atoms with Crippen LogP contribution in [0.1, 0.15) is 24.0 Å². The van der Waals surface area contributed by atoms with E-state index in [-0.39, 0.29) is 12.6 Å². The van der Waals surface area contributed by atoms with Crippen LogP contribution < -0.4 is 0 Å². The van der Waals surface area contributed by atoms with Gasteiger partial charge in [0.15, 0.2) is 0 Å². The van der Waals surface area contributed by atoms with Crippen LogP contribution in [-0.4, -0.2) is 29.2 Å². The van der Waals surface area contributed by atoms with Crippen LogP contribution in [0.2, 0.25) is 0 Å². The lowest BCUT2D eigenvalue weighted by atomic mass is 10.1. The van der Waals surface area contributed by atoms with Crippen molar-refractivity contribution in [3.8, 4) is 6.07 Å². The van der Waals surface area contributed by atoms with E-state index in [4.69, 9.17) is 5.26 Å². The molecular weight excluding hydrogens is 200 g/mol. The van der Waals surface area contributed by atoms with Gasteiger partial charge in [-0.25, -0.2) is 0 Å². The number of rotatable bonds is 3. The second kappa shape index (κ2) is 5.11. The smallest absolute Gasteiger partial charge is 0.0995 e. The zero-order valence-corrected chi connectivity index (χ0v) is 9.26. The molecule has 1 fully saturated rings. The summed E-state index contributed by atoms with van der Waals surface area (Å²) in [6.45, 7) is 2.01. The van der Waals surface area contributed by atoms with Gasteiger partial charge in [-0.1, -0.05) is 18.2 Å². The molecule has 1 aromatic carbocycles. The Morgan fingerprint density at radius 2 is 2.25 bits per heavy atom. The van der Waals surface area contributed by atoms with Crippen molar-refractivity contribution in [3.05, 3.63) is 35.4 Å². The van der Waals surface area contributed by atoms with Gasteiger partial charge in [-0.05, 0) is 31.0 Å². The minimum atomic E-state index is 0.217. The lowest BCUT2D eigenvalue weighted by Gasteiger charge is -2.22. The van der Waals surface area contributed by atoms with Crippen molar-refractivity contribution in [1.29, 1.82) is 5.26 Å². The summed E-state index contributed by atoms with van der Waals surface area (Å²) in [6, 6.07) is 10.2. The van der Waals surface area contributed by atoms with Gasteiger partial charge in [0.25, 0.3) is 0 Å². The first-order valence-electron chi connectivity index (χ1n) is 5.68. The van der Waals surface area contributed by atoms with Gasteiger partial charge >= 0.3 is 0 Å². The van der Waals surface area contributed by atoms with Crippen LogP contribution in [0.3, 0.4) is 0 Å². The fourth-order valence-corrected chi connectivity index (χ4v) is 2.30. The minimum absolute atomic E-state index is 0.217. The number of hydrogen-bond donors (Lipinski definition) is 1. The average molecular weight is 216 g/mol. The summed E-state index contributed by atoms with van der Waals surface area (Å²) in [5, 5.41) is 18.2. The number of likely N-dealkylation sites (tertiary alicyclic amines) is 1. The molecule has 0 unspecified atom stereocenters. The van der Waals surface area contributed by atoms with E-state index in [9.17, 15) is 5.11 Å². The number of hydrogen-bond acceptors (Lipinski definition) is 3. The average Bonchev–Trinajstić information content (AvgIpc) is 2.77. The molecule has 0 spiro atoms. The molecule has 1 aliphatic heterocycles. The Morgan fingerprint density at radius 3 is 3.00 bits per heavy atom. The van der Waals surface area contributed by atoms with Gasteiger partial charge < -0.3 is 5.11 Å². The van der Waals surface area contributed by atoms with Gasteiger partial charge in [-0.15, -0.1) is 0 Å². The molecule has 1 heterocycles. The van der Waals surface area contributed by atoms with E-state index in [1.54, 1.807) is 0 Å². The van der Waals surface area contributed by atoms with E-state index in [1.165, 1.54) is 0 Å². The summed E-state index contributed by atoms with van der Waals surface area (Å²) < 4.78 is 0. The van der Waals surface area contributed by atoms with Gasteiger partial charge in [-0.3, -0.25) is 4.90 Å². The molecule has 0 bridgehead atoms. The van der Waals surface area contributed by atoms with E-state index < -0.39 is 0 Å². The fraction of sp³-hybridized carbons (Fsp3) is 0.462. The van der Waals surface area contributed by atoms with Gasteiger partial charge in [0.2, 0.25) is 0 Å². The lowest BCUT2D eigenvalue weighted by molar-refractivity contribution is 0.153. The van der Waals surface area contributed by atoms with Crippen molar-refractivity contribution >= 4 is 0 Å². The predicted molar refractivity (Wildman–Crippen MR) is 61.7 cm³/mol. The Morgan fingerprint density at radius 1 is 1.44 bits per heavy atom. The highest BCUT2D eigenvalue weighted by Gasteiger charge is 2.23. The molecule has 3 nitrogen and oxygen atoms in total. The summed E-state index contributed by atoms with van der Waals surface area (Å²) >= 11 is 0. The Kier molecular flexibility index (Phi) is 3.55. The van der Waals surface area contributed by atoms with Gasteiger partial charge in [0.05, 0.1) is 18.2 Å². The van der Waals surface area contributed by atoms with Crippen LogP contribution in [-0.2, 0) is 6.54 Å². The first-order chi connectivity index (χ1) is 7.85. The molecule has 2 rings (SSSR count). The quantitative estimate of drug-likeness (QED) is 0.833. The third-order valence-corrected chi connectivity index (χ3v) is 3.22. The van der Waals surface area contributed by atoms with Crippen LogP contribution in [0.25, 0.3) is 0 Å². The molecule has 0 saturated carbocycles. The topological polar surface area (TPSA) is 47.3 Å². The Bertz CT molecular complexity index is 397. The highest BCUT2D eigenvalue weighted by atomic mass is 16.3.